The molecule has 21 heavy (non-hydrogen) atoms. The molecule has 5 nitrogen and oxygen atoms in total. The molecule has 0 bridgehead atoms. The summed E-state index contributed by atoms with van der Waals surface area (Å²) >= 11 is 2.93. The molecule has 0 radical (unpaired) electrons. The first-order chi connectivity index (χ1) is 10.1. The minimum Gasteiger partial charge on any atom is -0.397 e. The fourth-order valence-corrected chi connectivity index (χ4v) is 3.77. The Balaban J connectivity index is 1.76. The van der Waals surface area contributed by atoms with Crippen LogP contribution in [0.25, 0.3) is 10.2 Å². The van der Waals surface area contributed by atoms with Crippen LogP contribution in [0.1, 0.15) is 22.2 Å². The summed E-state index contributed by atoms with van der Waals surface area (Å²) in [5, 5.41) is 15.7. The summed E-state index contributed by atoms with van der Waals surface area (Å²) in [6, 6.07) is 3.89. The van der Waals surface area contributed by atoms with E-state index in [2.05, 4.69) is 27.0 Å². The highest BCUT2D eigenvalue weighted by Gasteiger charge is 2.18. The molecule has 108 valence electrons. The van der Waals surface area contributed by atoms with Crippen molar-refractivity contribution in [1.82, 2.24) is 15.5 Å². The van der Waals surface area contributed by atoms with Crippen LogP contribution in [0, 0.1) is 0 Å². The number of thiophene rings is 2. The van der Waals surface area contributed by atoms with Crippen molar-refractivity contribution >= 4 is 44.5 Å². The highest BCUT2D eigenvalue weighted by molar-refractivity contribution is 7.21. The van der Waals surface area contributed by atoms with Gasteiger partial charge in [0.2, 0.25) is 0 Å². The third-order valence-electron chi connectivity index (χ3n) is 3.13. The van der Waals surface area contributed by atoms with E-state index in [1.165, 1.54) is 16.9 Å². The molecule has 1 amide bonds. The summed E-state index contributed by atoms with van der Waals surface area (Å²) in [5.41, 5.74) is 7.74. The lowest BCUT2D eigenvalue weighted by molar-refractivity contribution is 0.0945. The van der Waals surface area contributed by atoms with Gasteiger partial charge in [-0.2, -0.15) is 16.4 Å². The first-order valence-electron chi connectivity index (χ1n) is 6.46. The average Bonchev–Trinajstić information content (AvgIpc) is 3.07. The van der Waals surface area contributed by atoms with E-state index < -0.39 is 0 Å². The van der Waals surface area contributed by atoms with E-state index >= 15 is 0 Å². The van der Waals surface area contributed by atoms with Crippen molar-refractivity contribution < 1.29 is 4.79 Å². The minimum atomic E-state index is -0.154. The Labute approximate surface area is 129 Å². The molecule has 3 aromatic rings. The van der Waals surface area contributed by atoms with Crippen molar-refractivity contribution in [3.05, 3.63) is 39.5 Å². The first-order valence-corrected chi connectivity index (χ1v) is 8.22. The van der Waals surface area contributed by atoms with Crippen LogP contribution < -0.4 is 11.1 Å². The lowest BCUT2D eigenvalue weighted by atomic mass is 10.1. The van der Waals surface area contributed by atoms with Gasteiger partial charge in [-0.3, -0.25) is 4.79 Å². The fraction of sp³-hybridized carbons (Fsp3) is 0.214. The Morgan fingerprint density at radius 2 is 2.33 bits per heavy atom. The second-order valence-electron chi connectivity index (χ2n) is 4.81. The van der Waals surface area contributed by atoms with Gasteiger partial charge >= 0.3 is 0 Å². The second-order valence-corrected chi connectivity index (χ2v) is 6.58. The van der Waals surface area contributed by atoms with Gasteiger partial charge in [-0.15, -0.1) is 16.4 Å². The van der Waals surface area contributed by atoms with Gasteiger partial charge < -0.3 is 11.1 Å². The summed E-state index contributed by atoms with van der Waals surface area (Å²) in [7, 11) is 0. The van der Waals surface area contributed by atoms with Gasteiger partial charge in [0.05, 0.1) is 11.9 Å². The molecule has 7 heteroatoms. The predicted molar refractivity (Wildman–Crippen MR) is 86.8 cm³/mol. The molecule has 0 saturated heterocycles. The van der Waals surface area contributed by atoms with E-state index in [1.807, 2.05) is 12.3 Å². The molecule has 1 unspecified atom stereocenters. The number of anilines is 1. The zero-order valence-electron chi connectivity index (χ0n) is 11.4. The van der Waals surface area contributed by atoms with E-state index in [0.29, 0.717) is 15.4 Å². The third-order valence-corrected chi connectivity index (χ3v) is 4.96. The number of hydrogen-bond donors (Lipinski definition) is 2. The molecule has 0 aliphatic rings. The largest absolute Gasteiger partial charge is 0.397 e. The first kappa shape index (κ1) is 14.0. The smallest absolute Gasteiger partial charge is 0.263 e. The zero-order chi connectivity index (χ0) is 14.8. The second kappa shape index (κ2) is 5.79. The monoisotopic (exact) mass is 318 g/mol. The number of fused-ring (bicyclic) bond motifs is 1. The van der Waals surface area contributed by atoms with Crippen molar-refractivity contribution in [1.29, 1.82) is 0 Å². The number of rotatable bonds is 4. The average molecular weight is 318 g/mol. The van der Waals surface area contributed by atoms with Crippen LogP contribution in [0.3, 0.4) is 0 Å². The van der Waals surface area contributed by atoms with Gasteiger partial charge in [0.1, 0.15) is 9.71 Å². The number of amides is 1. The molecule has 3 N–H and O–H groups in total. The van der Waals surface area contributed by atoms with Gasteiger partial charge in [0.15, 0.2) is 0 Å². The van der Waals surface area contributed by atoms with Crippen LogP contribution in [-0.4, -0.2) is 22.1 Å². The summed E-state index contributed by atoms with van der Waals surface area (Å²) in [6.07, 6.45) is 2.38. The summed E-state index contributed by atoms with van der Waals surface area (Å²) in [6.45, 7) is 1.99. The molecule has 0 aliphatic heterocycles. The van der Waals surface area contributed by atoms with Crippen molar-refractivity contribution in [3.63, 3.8) is 0 Å². The van der Waals surface area contributed by atoms with Crippen LogP contribution >= 0.6 is 22.7 Å². The molecule has 0 aromatic carbocycles. The lowest BCUT2D eigenvalue weighted by Gasteiger charge is -2.12. The van der Waals surface area contributed by atoms with E-state index in [1.54, 1.807) is 23.6 Å². The maximum Gasteiger partial charge on any atom is 0.263 e. The molecule has 0 spiro atoms. The molecular weight excluding hydrogens is 304 g/mol. The van der Waals surface area contributed by atoms with E-state index in [-0.39, 0.29) is 11.9 Å². The molecule has 3 rings (SSSR count). The molecule has 0 saturated carbocycles. The SMILES string of the molecule is CC(Cc1ccsc1)NC(=O)c1sc2nnccc2c1N. The van der Waals surface area contributed by atoms with E-state index in [0.717, 1.165) is 11.8 Å². The van der Waals surface area contributed by atoms with Gasteiger partial charge in [0, 0.05) is 11.4 Å². The normalized spacial score (nSPS) is 12.4. The Hall–Kier alpha value is -1.99. The number of nitrogens with one attached hydrogen (secondary N) is 1. The predicted octanol–water partition coefficient (Wildman–Crippen LogP) is 2.70. The van der Waals surface area contributed by atoms with Crippen LogP contribution in [0.2, 0.25) is 0 Å². The highest BCUT2D eigenvalue weighted by Crippen LogP contribution is 2.31. The molecule has 0 aliphatic carbocycles. The van der Waals surface area contributed by atoms with Gasteiger partial charge in [-0.05, 0) is 41.8 Å². The number of nitrogens with two attached hydrogens (primary N) is 1. The van der Waals surface area contributed by atoms with Crippen molar-refractivity contribution in [3.8, 4) is 0 Å². The highest BCUT2D eigenvalue weighted by atomic mass is 32.1. The van der Waals surface area contributed by atoms with E-state index in [9.17, 15) is 4.79 Å². The minimum absolute atomic E-state index is 0.0443. The van der Waals surface area contributed by atoms with Crippen molar-refractivity contribution in [2.75, 3.05) is 5.73 Å². The zero-order valence-corrected chi connectivity index (χ0v) is 13.0. The Morgan fingerprint density at radius 3 is 3.05 bits per heavy atom. The number of hydrogen-bond acceptors (Lipinski definition) is 6. The Bertz CT molecular complexity index is 766. The quantitative estimate of drug-likeness (QED) is 0.775. The summed E-state index contributed by atoms with van der Waals surface area (Å²) in [5.74, 6) is -0.154. The summed E-state index contributed by atoms with van der Waals surface area (Å²) in [4.78, 5) is 13.5. The molecular formula is C14H14N4OS2. The topological polar surface area (TPSA) is 80.9 Å². The molecule has 3 heterocycles. The summed E-state index contributed by atoms with van der Waals surface area (Å²) < 4.78 is 0. The lowest BCUT2D eigenvalue weighted by Crippen LogP contribution is -2.33. The number of nitrogen functional groups attached to an aromatic ring is 1. The maximum atomic E-state index is 12.3. The van der Waals surface area contributed by atoms with Crippen LogP contribution in [0.4, 0.5) is 5.69 Å². The van der Waals surface area contributed by atoms with E-state index in [4.69, 9.17) is 5.73 Å². The van der Waals surface area contributed by atoms with Gasteiger partial charge in [-0.1, -0.05) is 0 Å². The molecule has 1 atom stereocenters. The standard InChI is InChI=1S/C14H14N4OS2/c1-8(6-9-3-5-20-7-9)17-13(19)12-11(15)10-2-4-16-18-14(10)21-12/h2-5,7-8H,6,15H2,1H3,(H,17,19). The molecule has 3 aromatic heterocycles. The number of aromatic nitrogens is 2. The van der Waals surface area contributed by atoms with Crippen molar-refractivity contribution in [2.24, 2.45) is 0 Å². The molecule has 0 fully saturated rings. The van der Waals surface area contributed by atoms with Gasteiger partial charge in [-0.25, -0.2) is 0 Å². The third kappa shape index (κ3) is 2.88. The number of carbonyl (C=O) groups excluding carboxylic acids is 1. The van der Waals surface area contributed by atoms with Crippen LogP contribution in [0.15, 0.2) is 29.1 Å². The maximum absolute atomic E-state index is 12.3. The number of nitrogens with zero attached hydrogens (tertiary/aromatic N) is 2. The van der Waals surface area contributed by atoms with Gasteiger partial charge in [0.25, 0.3) is 5.91 Å². The van der Waals surface area contributed by atoms with Crippen LogP contribution in [0.5, 0.6) is 0 Å². The Morgan fingerprint density at radius 1 is 1.48 bits per heavy atom. The Kier molecular flexibility index (Phi) is 3.85. The fourth-order valence-electron chi connectivity index (χ4n) is 2.14. The number of carbonyl (C=O) groups is 1. The van der Waals surface area contributed by atoms with Crippen LogP contribution in [-0.2, 0) is 6.42 Å². The van der Waals surface area contributed by atoms with Crippen molar-refractivity contribution in [2.45, 2.75) is 19.4 Å².